The van der Waals surface area contributed by atoms with Gasteiger partial charge in [0.25, 0.3) is 0 Å². The third kappa shape index (κ3) is 3.63. The van der Waals surface area contributed by atoms with Crippen LogP contribution in [0.1, 0.15) is 67.4 Å². The molecular weight excluding hydrogens is 290 g/mol. The first kappa shape index (κ1) is 17.7. The molecule has 0 aromatic heterocycles. The number of nitrogens with zero attached hydrogens (tertiary/aromatic N) is 1. The van der Waals surface area contributed by atoms with Gasteiger partial charge in [0.2, 0.25) is 0 Å². The molecule has 0 bridgehead atoms. The van der Waals surface area contributed by atoms with Gasteiger partial charge < -0.3 is 5.11 Å². The van der Waals surface area contributed by atoms with E-state index in [4.69, 9.17) is 0 Å². The Hall–Kier alpha value is -1.68. The lowest BCUT2D eigenvalue weighted by atomic mass is 9.75. The molecule has 0 fully saturated rings. The Morgan fingerprint density at radius 1 is 1.22 bits per heavy atom. The normalized spacial score (nSPS) is 20.3. The molecule has 0 heterocycles. The monoisotopic (exact) mass is 317 g/mol. The quantitative estimate of drug-likeness (QED) is 0.782. The molecule has 2 unspecified atom stereocenters. The van der Waals surface area contributed by atoms with Crippen molar-refractivity contribution in [2.45, 2.75) is 58.4 Å². The fourth-order valence-electron chi connectivity index (χ4n) is 3.87. The number of aryl methyl sites for hydroxylation is 1. The Morgan fingerprint density at radius 3 is 2.39 bits per heavy atom. The second-order valence-electron chi connectivity index (χ2n) is 6.39. The van der Waals surface area contributed by atoms with E-state index in [1.165, 1.54) is 6.92 Å². The van der Waals surface area contributed by atoms with Crippen LogP contribution in [0.3, 0.4) is 0 Å². The molecule has 0 saturated heterocycles. The number of ketones is 1. The van der Waals surface area contributed by atoms with E-state index in [-0.39, 0.29) is 11.8 Å². The molecule has 4 heteroatoms. The topological polar surface area (TPSA) is 57.6 Å². The van der Waals surface area contributed by atoms with Crippen LogP contribution < -0.4 is 0 Å². The fourth-order valence-corrected chi connectivity index (χ4v) is 3.87. The largest absolute Gasteiger partial charge is 0.481 e. The molecule has 1 aliphatic carbocycles. The summed E-state index contributed by atoms with van der Waals surface area (Å²) in [6.07, 6.45) is 3.69. The Labute approximate surface area is 138 Å². The number of benzene rings is 1. The molecule has 0 radical (unpaired) electrons. The molecule has 0 saturated carbocycles. The predicted molar refractivity (Wildman–Crippen MR) is 91.1 cm³/mol. The van der Waals surface area contributed by atoms with E-state index in [1.807, 2.05) is 12.1 Å². The predicted octanol–water partition coefficient (Wildman–Crippen LogP) is 3.49. The van der Waals surface area contributed by atoms with E-state index >= 15 is 0 Å². The fraction of sp³-hybridized carbons (Fsp3) is 0.579. The highest BCUT2D eigenvalue weighted by atomic mass is 16.4. The highest BCUT2D eigenvalue weighted by molar-refractivity contribution is 5.98. The standard InChI is InChI=1S/C19H27NO3/c1-4-11-20(12-5-2)16-10-9-14-7-6-8-15(13(3)21)17(14)18(16)19(22)23/h6-8,16,18H,4-5,9-12H2,1-3H3,(H,22,23). The van der Waals surface area contributed by atoms with Crippen LogP contribution in [0.25, 0.3) is 0 Å². The molecule has 2 atom stereocenters. The van der Waals surface area contributed by atoms with Gasteiger partial charge in [-0.1, -0.05) is 32.0 Å². The van der Waals surface area contributed by atoms with Crippen molar-refractivity contribution >= 4 is 11.8 Å². The molecule has 23 heavy (non-hydrogen) atoms. The summed E-state index contributed by atoms with van der Waals surface area (Å²) in [6.45, 7) is 7.57. The van der Waals surface area contributed by atoms with E-state index < -0.39 is 11.9 Å². The second kappa shape index (κ2) is 7.73. The number of carboxylic acids is 1. The highest BCUT2D eigenvalue weighted by Gasteiger charge is 2.39. The smallest absolute Gasteiger partial charge is 0.312 e. The maximum absolute atomic E-state index is 12.1. The number of carbonyl (C=O) groups excluding carboxylic acids is 1. The van der Waals surface area contributed by atoms with Gasteiger partial charge in [-0.2, -0.15) is 0 Å². The van der Waals surface area contributed by atoms with Gasteiger partial charge in [0, 0.05) is 11.6 Å². The summed E-state index contributed by atoms with van der Waals surface area (Å²) < 4.78 is 0. The Kier molecular flexibility index (Phi) is 5.94. The van der Waals surface area contributed by atoms with Crippen LogP contribution in [0.15, 0.2) is 18.2 Å². The third-order valence-corrected chi connectivity index (χ3v) is 4.74. The molecule has 1 aliphatic rings. The number of carbonyl (C=O) groups is 2. The summed E-state index contributed by atoms with van der Waals surface area (Å²) in [6, 6.07) is 5.58. The lowest BCUT2D eigenvalue weighted by Gasteiger charge is -2.39. The Bertz CT molecular complexity index is 576. The molecule has 2 rings (SSSR count). The number of carboxylic acid groups (broad SMARTS) is 1. The summed E-state index contributed by atoms with van der Waals surface area (Å²) in [5.74, 6) is -1.48. The summed E-state index contributed by atoms with van der Waals surface area (Å²) in [5.41, 5.74) is 2.35. The van der Waals surface area contributed by atoms with Gasteiger partial charge in [-0.25, -0.2) is 0 Å². The number of aliphatic carboxylic acids is 1. The van der Waals surface area contributed by atoms with Crippen LogP contribution in [0.4, 0.5) is 0 Å². The molecule has 4 nitrogen and oxygen atoms in total. The van der Waals surface area contributed by atoms with Gasteiger partial charge >= 0.3 is 5.97 Å². The van der Waals surface area contributed by atoms with Gasteiger partial charge in [-0.3, -0.25) is 14.5 Å². The first-order valence-corrected chi connectivity index (χ1v) is 8.60. The molecule has 0 aliphatic heterocycles. The zero-order valence-electron chi connectivity index (χ0n) is 14.3. The summed E-state index contributed by atoms with van der Waals surface area (Å²) in [7, 11) is 0. The van der Waals surface area contributed by atoms with Crippen molar-refractivity contribution in [3.05, 3.63) is 34.9 Å². The van der Waals surface area contributed by atoms with Crippen molar-refractivity contribution < 1.29 is 14.7 Å². The Morgan fingerprint density at radius 2 is 1.87 bits per heavy atom. The van der Waals surface area contributed by atoms with Gasteiger partial charge in [0.05, 0.1) is 5.92 Å². The minimum atomic E-state index is -0.818. The van der Waals surface area contributed by atoms with Gasteiger partial charge in [0.1, 0.15) is 0 Å². The molecule has 0 amide bonds. The van der Waals surface area contributed by atoms with Crippen LogP contribution in [0.2, 0.25) is 0 Å². The zero-order valence-corrected chi connectivity index (χ0v) is 14.3. The number of Topliss-reactive ketones (excluding diaryl/α,β-unsaturated/α-hetero) is 1. The lowest BCUT2D eigenvalue weighted by Crippen LogP contribution is -2.46. The summed E-state index contributed by atoms with van der Waals surface area (Å²) in [5, 5.41) is 9.91. The maximum atomic E-state index is 12.1. The van der Waals surface area contributed by atoms with Crippen molar-refractivity contribution in [3.63, 3.8) is 0 Å². The van der Waals surface area contributed by atoms with Crippen molar-refractivity contribution in [3.8, 4) is 0 Å². The minimum absolute atomic E-state index is 0.0274. The van der Waals surface area contributed by atoms with Crippen molar-refractivity contribution in [1.29, 1.82) is 0 Å². The molecule has 0 spiro atoms. The minimum Gasteiger partial charge on any atom is -0.481 e. The van der Waals surface area contributed by atoms with Crippen molar-refractivity contribution in [1.82, 2.24) is 4.90 Å². The molecule has 1 aromatic carbocycles. The summed E-state index contributed by atoms with van der Waals surface area (Å²) in [4.78, 5) is 26.4. The molecular formula is C19H27NO3. The third-order valence-electron chi connectivity index (χ3n) is 4.74. The number of fused-ring (bicyclic) bond motifs is 1. The van der Waals surface area contributed by atoms with Crippen LogP contribution in [-0.2, 0) is 11.2 Å². The van der Waals surface area contributed by atoms with E-state index in [1.54, 1.807) is 6.07 Å². The van der Waals surface area contributed by atoms with E-state index in [2.05, 4.69) is 18.7 Å². The second-order valence-corrected chi connectivity index (χ2v) is 6.39. The lowest BCUT2D eigenvalue weighted by molar-refractivity contribution is -0.141. The van der Waals surface area contributed by atoms with Gasteiger partial charge in [-0.15, -0.1) is 0 Å². The SMILES string of the molecule is CCCN(CCC)C1CCc2cccc(C(C)=O)c2C1C(=O)O. The number of hydrogen-bond donors (Lipinski definition) is 1. The molecule has 126 valence electrons. The van der Waals surface area contributed by atoms with Crippen molar-refractivity contribution in [2.24, 2.45) is 0 Å². The zero-order chi connectivity index (χ0) is 17.0. The van der Waals surface area contributed by atoms with Gasteiger partial charge in [-0.05, 0) is 56.8 Å². The van der Waals surface area contributed by atoms with Crippen LogP contribution in [0, 0.1) is 0 Å². The average Bonchev–Trinajstić information content (AvgIpc) is 2.52. The molecule has 1 aromatic rings. The summed E-state index contributed by atoms with van der Waals surface area (Å²) >= 11 is 0. The first-order chi connectivity index (χ1) is 11.0. The molecule has 1 N–H and O–H groups in total. The van der Waals surface area contributed by atoms with E-state index in [9.17, 15) is 14.7 Å². The first-order valence-electron chi connectivity index (χ1n) is 8.60. The van der Waals surface area contributed by atoms with Crippen LogP contribution in [0.5, 0.6) is 0 Å². The van der Waals surface area contributed by atoms with Gasteiger partial charge in [0.15, 0.2) is 5.78 Å². The maximum Gasteiger partial charge on any atom is 0.312 e. The van der Waals surface area contributed by atoms with E-state index in [0.717, 1.165) is 49.9 Å². The van der Waals surface area contributed by atoms with Crippen LogP contribution >= 0.6 is 0 Å². The highest BCUT2D eigenvalue weighted by Crippen LogP contribution is 2.37. The Balaban J connectivity index is 2.50. The average molecular weight is 317 g/mol. The number of rotatable bonds is 7. The van der Waals surface area contributed by atoms with Crippen LogP contribution in [-0.4, -0.2) is 40.9 Å². The number of hydrogen-bond acceptors (Lipinski definition) is 3. The van der Waals surface area contributed by atoms with E-state index in [0.29, 0.717) is 5.56 Å². The van der Waals surface area contributed by atoms with Crippen molar-refractivity contribution in [2.75, 3.05) is 13.1 Å².